The van der Waals surface area contributed by atoms with Gasteiger partial charge in [0, 0.05) is 22.3 Å². The van der Waals surface area contributed by atoms with Gasteiger partial charge in [-0.25, -0.2) is 0 Å². The first-order valence-corrected chi connectivity index (χ1v) is 3.03. The second-order valence-electron chi connectivity index (χ2n) is 1.30. The molecule has 0 aromatic carbocycles. The third-order valence-electron chi connectivity index (χ3n) is 0.610. The fourth-order valence-electron chi connectivity index (χ4n) is 0.179. The molecule has 0 saturated heterocycles. The first-order valence-electron chi connectivity index (χ1n) is 2.09. The van der Waals surface area contributed by atoms with E-state index in [-0.39, 0.29) is 5.75 Å². The zero-order valence-electron chi connectivity index (χ0n) is 4.44. The van der Waals surface area contributed by atoms with Gasteiger partial charge in [-0.1, -0.05) is 0 Å². The molecular weight excluding hydrogens is 144 g/mol. The fraction of sp³-hybridized carbons (Fsp3) is 0.667. The topological polar surface area (TPSA) is 95.6 Å². The highest BCUT2D eigenvalue weighted by molar-refractivity contribution is 7.97. The molecule has 0 spiro atoms. The molecule has 2 N–H and O–H groups in total. The minimum Gasteiger partial charge on any atom is -0.548 e. The SMILES string of the molecule is N[C@@H](CSN=O)C(=O)[O-]. The van der Waals surface area contributed by atoms with Crippen LogP contribution in [0.1, 0.15) is 0 Å². The number of hydrogen-bond acceptors (Lipinski definition) is 6. The minimum atomic E-state index is -1.37. The number of nitroso groups, excluding NO2 is 1. The van der Waals surface area contributed by atoms with Crippen molar-refractivity contribution in [1.29, 1.82) is 0 Å². The predicted octanol–water partition coefficient (Wildman–Crippen LogP) is -1.52. The minimum absolute atomic E-state index is 0.0359. The molecule has 0 radical (unpaired) electrons. The number of aliphatic carboxylic acids is 1. The number of carboxylic acid groups (broad SMARTS) is 1. The van der Waals surface area contributed by atoms with Crippen LogP contribution in [0.4, 0.5) is 0 Å². The van der Waals surface area contributed by atoms with Gasteiger partial charge in [-0.05, 0) is 0 Å². The maximum Gasteiger partial charge on any atom is 0.0591 e. The summed E-state index contributed by atoms with van der Waals surface area (Å²) in [5, 5.41) is 9.81. The number of hydrogen-bond donors (Lipinski definition) is 1. The number of nitrogens with two attached hydrogens (primary N) is 1. The van der Waals surface area contributed by atoms with Gasteiger partial charge in [0.2, 0.25) is 0 Å². The lowest BCUT2D eigenvalue weighted by atomic mass is 10.4. The molecule has 9 heavy (non-hydrogen) atoms. The van der Waals surface area contributed by atoms with Crippen molar-refractivity contribution in [2.24, 2.45) is 10.3 Å². The van der Waals surface area contributed by atoms with Crippen molar-refractivity contribution in [2.45, 2.75) is 6.04 Å². The molecule has 0 aliphatic carbocycles. The molecule has 0 amide bonds. The van der Waals surface area contributed by atoms with E-state index in [2.05, 4.69) is 4.58 Å². The van der Waals surface area contributed by atoms with Gasteiger partial charge in [0.05, 0.1) is 12.0 Å². The summed E-state index contributed by atoms with van der Waals surface area (Å²) in [6, 6.07) is -1.10. The number of carboxylic acids is 1. The van der Waals surface area contributed by atoms with Gasteiger partial charge < -0.3 is 15.6 Å². The Balaban J connectivity index is 3.37. The molecule has 1 atom stereocenters. The van der Waals surface area contributed by atoms with E-state index in [9.17, 15) is 14.8 Å². The van der Waals surface area contributed by atoms with Crippen molar-refractivity contribution in [2.75, 3.05) is 5.75 Å². The lowest BCUT2D eigenvalue weighted by Crippen LogP contribution is -2.43. The van der Waals surface area contributed by atoms with E-state index in [1.807, 2.05) is 0 Å². The zero-order valence-corrected chi connectivity index (χ0v) is 5.26. The Bertz CT molecular complexity index is 118. The van der Waals surface area contributed by atoms with Gasteiger partial charge in [0.25, 0.3) is 0 Å². The van der Waals surface area contributed by atoms with E-state index in [1.54, 1.807) is 0 Å². The second kappa shape index (κ2) is 4.28. The van der Waals surface area contributed by atoms with Crippen LogP contribution in [0.3, 0.4) is 0 Å². The van der Waals surface area contributed by atoms with Crippen LogP contribution in [-0.2, 0) is 4.79 Å². The summed E-state index contributed by atoms with van der Waals surface area (Å²) in [6.45, 7) is 0. The van der Waals surface area contributed by atoms with Crippen LogP contribution in [0.25, 0.3) is 0 Å². The molecule has 0 aromatic rings. The van der Waals surface area contributed by atoms with Crippen LogP contribution in [-0.4, -0.2) is 17.8 Å². The molecule has 6 heteroatoms. The number of nitrogens with zero attached hydrogens (tertiary/aromatic N) is 1. The van der Waals surface area contributed by atoms with Crippen molar-refractivity contribution >= 4 is 17.9 Å². The van der Waals surface area contributed by atoms with Crippen molar-refractivity contribution < 1.29 is 9.90 Å². The summed E-state index contributed by atoms with van der Waals surface area (Å²) < 4.78 is 2.35. The fourth-order valence-corrected chi connectivity index (χ4v) is 0.536. The van der Waals surface area contributed by atoms with E-state index < -0.39 is 12.0 Å². The van der Waals surface area contributed by atoms with Gasteiger partial charge in [-0.3, -0.25) is 0 Å². The van der Waals surface area contributed by atoms with Gasteiger partial charge in [0.1, 0.15) is 0 Å². The smallest absolute Gasteiger partial charge is 0.0591 e. The maximum atomic E-state index is 9.81. The molecule has 0 fully saturated rings. The lowest BCUT2D eigenvalue weighted by Gasteiger charge is -2.07. The largest absolute Gasteiger partial charge is 0.548 e. The Hall–Kier alpha value is -0.620. The molecule has 0 aromatic heterocycles. The quantitative estimate of drug-likeness (QED) is 0.386. The molecule has 5 nitrogen and oxygen atoms in total. The first kappa shape index (κ1) is 8.38. The number of rotatable bonds is 4. The number of carbonyl (C=O) groups is 1. The Labute approximate surface area is 55.7 Å². The standard InChI is InChI=1S/C3H6N2O3S/c4-2(3(6)7)1-9-5-8/h2H,1,4H2,(H,6,7)/p-1/t2-/m0/s1. The second-order valence-corrected chi connectivity index (χ2v) is 2.04. The molecular formula is C3H5N2O3S-. The van der Waals surface area contributed by atoms with Crippen molar-refractivity contribution in [1.82, 2.24) is 0 Å². The Morgan fingerprint density at radius 1 is 1.89 bits per heavy atom. The molecule has 0 heterocycles. The Morgan fingerprint density at radius 2 is 2.44 bits per heavy atom. The molecule has 0 rings (SSSR count). The van der Waals surface area contributed by atoms with E-state index in [4.69, 9.17) is 5.73 Å². The van der Waals surface area contributed by atoms with Crippen LogP contribution in [0, 0.1) is 4.91 Å². The lowest BCUT2D eigenvalue weighted by molar-refractivity contribution is -0.306. The summed E-state index contributed by atoms with van der Waals surface area (Å²) in [5.41, 5.74) is 4.92. The van der Waals surface area contributed by atoms with Crippen LogP contribution < -0.4 is 10.8 Å². The van der Waals surface area contributed by atoms with Gasteiger partial charge >= 0.3 is 0 Å². The summed E-state index contributed by atoms with van der Waals surface area (Å²) in [5.74, 6) is -1.41. The number of carbonyl (C=O) groups excluding carboxylic acids is 1. The van der Waals surface area contributed by atoms with Crippen molar-refractivity contribution in [3.63, 3.8) is 0 Å². The van der Waals surface area contributed by atoms with E-state index in [0.29, 0.717) is 11.9 Å². The highest BCUT2D eigenvalue weighted by Gasteiger charge is 2.01. The van der Waals surface area contributed by atoms with Crippen LogP contribution in [0.15, 0.2) is 4.58 Å². The molecule has 0 bridgehead atoms. The summed E-state index contributed by atoms with van der Waals surface area (Å²) in [6.07, 6.45) is 0. The molecule has 0 aliphatic rings. The molecule has 52 valence electrons. The van der Waals surface area contributed by atoms with Crippen molar-refractivity contribution in [3.8, 4) is 0 Å². The molecule has 0 saturated carbocycles. The van der Waals surface area contributed by atoms with Crippen LogP contribution in [0.2, 0.25) is 0 Å². The van der Waals surface area contributed by atoms with Crippen LogP contribution >= 0.6 is 11.9 Å². The summed E-state index contributed by atoms with van der Waals surface area (Å²) in [7, 11) is 0. The predicted molar refractivity (Wildman–Crippen MR) is 31.2 cm³/mol. The summed E-state index contributed by atoms with van der Waals surface area (Å²) >= 11 is 0.568. The van der Waals surface area contributed by atoms with Gasteiger partial charge in [-0.2, -0.15) is 0 Å². The van der Waals surface area contributed by atoms with E-state index >= 15 is 0 Å². The first-order chi connectivity index (χ1) is 4.18. The van der Waals surface area contributed by atoms with Crippen LogP contribution in [0.5, 0.6) is 0 Å². The molecule has 0 unspecified atom stereocenters. The molecule has 0 aliphatic heterocycles. The monoisotopic (exact) mass is 149 g/mol. The third-order valence-corrected chi connectivity index (χ3v) is 1.22. The average molecular weight is 149 g/mol. The highest BCUT2D eigenvalue weighted by atomic mass is 32.2. The normalized spacial score (nSPS) is 12.6. The van der Waals surface area contributed by atoms with Gasteiger partial charge in [0.15, 0.2) is 0 Å². The van der Waals surface area contributed by atoms with E-state index in [0.717, 1.165) is 0 Å². The zero-order chi connectivity index (χ0) is 7.28. The Kier molecular flexibility index (Phi) is 3.98. The maximum absolute atomic E-state index is 9.81. The highest BCUT2D eigenvalue weighted by Crippen LogP contribution is 2.00. The van der Waals surface area contributed by atoms with E-state index in [1.165, 1.54) is 0 Å². The van der Waals surface area contributed by atoms with Gasteiger partial charge in [-0.15, -0.1) is 4.91 Å². The average Bonchev–Trinajstić information content (AvgIpc) is 1.82. The third kappa shape index (κ3) is 3.92. The van der Waals surface area contributed by atoms with Crippen molar-refractivity contribution in [3.05, 3.63) is 4.91 Å². The summed E-state index contributed by atoms with van der Waals surface area (Å²) in [4.78, 5) is 19.2. The Morgan fingerprint density at radius 3 is 2.78 bits per heavy atom.